The number of ether oxygens (including phenoxy) is 1. The molecule has 24 heavy (non-hydrogen) atoms. The monoisotopic (exact) mass is 326 g/mol. The van der Waals surface area contributed by atoms with Crippen LogP contribution in [0.3, 0.4) is 0 Å². The number of piperidine rings is 1. The fourth-order valence-corrected chi connectivity index (χ4v) is 3.35. The molecule has 1 amide bonds. The maximum absolute atomic E-state index is 12.5. The van der Waals surface area contributed by atoms with E-state index in [1.807, 2.05) is 41.6 Å². The van der Waals surface area contributed by atoms with Crippen molar-refractivity contribution in [3.8, 4) is 5.75 Å². The first-order valence-electron chi connectivity index (χ1n) is 8.66. The number of rotatable bonds is 5. The second-order valence-electron chi connectivity index (χ2n) is 6.61. The summed E-state index contributed by atoms with van der Waals surface area (Å²) in [6.07, 6.45) is 6.33. The van der Waals surface area contributed by atoms with Gasteiger partial charge in [-0.1, -0.05) is 18.2 Å². The van der Waals surface area contributed by atoms with Gasteiger partial charge >= 0.3 is 0 Å². The molecule has 1 saturated heterocycles. The molecule has 126 valence electrons. The van der Waals surface area contributed by atoms with Crippen molar-refractivity contribution in [2.75, 3.05) is 19.7 Å². The second kappa shape index (κ2) is 6.63. The van der Waals surface area contributed by atoms with Gasteiger partial charge in [0.05, 0.1) is 0 Å². The minimum atomic E-state index is 0.0426. The van der Waals surface area contributed by atoms with Crippen molar-refractivity contribution < 1.29 is 9.53 Å². The highest BCUT2D eigenvalue weighted by Gasteiger charge is 2.32. The summed E-state index contributed by atoms with van der Waals surface area (Å²) >= 11 is 0. The molecule has 6 nitrogen and oxygen atoms in total. The van der Waals surface area contributed by atoms with Crippen molar-refractivity contribution in [3.63, 3.8) is 0 Å². The molecule has 2 aliphatic rings. The summed E-state index contributed by atoms with van der Waals surface area (Å²) in [4.78, 5) is 14.4. The summed E-state index contributed by atoms with van der Waals surface area (Å²) < 4.78 is 7.80. The van der Waals surface area contributed by atoms with E-state index < -0.39 is 0 Å². The van der Waals surface area contributed by atoms with Crippen LogP contribution in [-0.2, 0) is 4.79 Å². The second-order valence-corrected chi connectivity index (χ2v) is 6.61. The van der Waals surface area contributed by atoms with Gasteiger partial charge in [0.1, 0.15) is 17.9 Å². The van der Waals surface area contributed by atoms with Gasteiger partial charge < -0.3 is 14.2 Å². The number of benzene rings is 1. The van der Waals surface area contributed by atoms with Crippen molar-refractivity contribution in [1.82, 2.24) is 19.7 Å². The van der Waals surface area contributed by atoms with E-state index >= 15 is 0 Å². The summed E-state index contributed by atoms with van der Waals surface area (Å²) in [5.41, 5.74) is 0. The molecule has 1 aliphatic heterocycles. The average Bonchev–Trinajstić information content (AvgIpc) is 3.37. The number of aromatic nitrogens is 3. The van der Waals surface area contributed by atoms with E-state index in [1.165, 1.54) is 12.8 Å². The van der Waals surface area contributed by atoms with Crippen LogP contribution < -0.4 is 4.74 Å². The molecular formula is C18H22N4O2. The van der Waals surface area contributed by atoms with Gasteiger partial charge in [-0.15, -0.1) is 10.2 Å². The Hall–Kier alpha value is -2.37. The Balaban J connectivity index is 1.37. The Labute approximate surface area is 141 Å². The number of hydrogen-bond donors (Lipinski definition) is 0. The fourth-order valence-electron chi connectivity index (χ4n) is 3.35. The molecule has 1 aromatic carbocycles. The van der Waals surface area contributed by atoms with Crippen molar-refractivity contribution in [3.05, 3.63) is 42.5 Å². The van der Waals surface area contributed by atoms with E-state index in [0.29, 0.717) is 12.6 Å². The third-order valence-electron chi connectivity index (χ3n) is 4.79. The molecule has 1 aliphatic carbocycles. The van der Waals surface area contributed by atoms with Gasteiger partial charge in [0.15, 0.2) is 6.61 Å². The minimum Gasteiger partial charge on any atom is -0.484 e. The zero-order valence-electron chi connectivity index (χ0n) is 13.7. The van der Waals surface area contributed by atoms with E-state index in [0.717, 1.165) is 31.0 Å². The van der Waals surface area contributed by atoms with Crippen molar-refractivity contribution in [2.45, 2.75) is 37.6 Å². The first kappa shape index (κ1) is 15.2. The number of hydrogen-bond acceptors (Lipinski definition) is 4. The summed E-state index contributed by atoms with van der Waals surface area (Å²) in [7, 11) is 0. The lowest BCUT2D eigenvalue weighted by Gasteiger charge is -2.32. The highest BCUT2D eigenvalue weighted by atomic mass is 16.5. The van der Waals surface area contributed by atoms with Gasteiger partial charge in [0.25, 0.3) is 5.91 Å². The highest BCUT2D eigenvalue weighted by Crippen LogP contribution is 2.38. The van der Waals surface area contributed by atoms with Gasteiger partial charge in [0, 0.05) is 25.0 Å². The molecule has 0 radical (unpaired) electrons. The highest BCUT2D eigenvalue weighted by molar-refractivity contribution is 5.78. The van der Waals surface area contributed by atoms with Crippen LogP contribution in [-0.4, -0.2) is 45.3 Å². The molecule has 0 spiro atoms. The van der Waals surface area contributed by atoms with Gasteiger partial charge in [-0.3, -0.25) is 4.79 Å². The molecule has 1 atom stereocenters. The standard InChI is InChI=1S/C18H22N4O2/c23-17(12-24-16-6-2-1-3-7-16)21-10-4-5-14(11-21)18-20-19-13-22(18)15-8-9-15/h1-3,6-7,13-15H,4-5,8-12H2/t14-/m0/s1. The Morgan fingerprint density at radius 3 is 2.83 bits per heavy atom. The Kier molecular flexibility index (Phi) is 4.19. The van der Waals surface area contributed by atoms with E-state index in [4.69, 9.17) is 4.74 Å². The third-order valence-corrected chi connectivity index (χ3v) is 4.79. The number of para-hydroxylation sites is 1. The third kappa shape index (κ3) is 3.27. The predicted octanol–water partition coefficient (Wildman–Crippen LogP) is 2.40. The topological polar surface area (TPSA) is 60.2 Å². The van der Waals surface area contributed by atoms with E-state index in [-0.39, 0.29) is 18.4 Å². The molecule has 2 heterocycles. The number of carbonyl (C=O) groups excluding carboxylic acids is 1. The van der Waals surface area contributed by atoms with Crippen LogP contribution in [0.2, 0.25) is 0 Å². The van der Waals surface area contributed by atoms with Crippen LogP contribution in [0.25, 0.3) is 0 Å². The molecule has 1 saturated carbocycles. The molecule has 2 fully saturated rings. The van der Waals surface area contributed by atoms with Crippen LogP contribution in [0.1, 0.15) is 43.5 Å². The number of nitrogens with zero attached hydrogens (tertiary/aromatic N) is 4. The predicted molar refractivity (Wildman–Crippen MR) is 88.8 cm³/mol. The lowest BCUT2D eigenvalue weighted by Crippen LogP contribution is -2.42. The Morgan fingerprint density at radius 1 is 1.21 bits per heavy atom. The molecule has 4 rings (SSSR count). The van der Waals surface area contributed by atoms with E-state index in [2.05, 4.69) is 14.8 Å². The first-order valence-corrected chi connectivity index (χ1v) is 8.66. The van der Waals surface area contributed by atoms with Crippen LogP contribution >= 0.6 is 0 Å². The summed E-state index contributed by atoms with van der Waals surface area (Å²) in [5, 5.41) is 8.42. The molecule has 1 aromatic heterocycles. The van der Waals surface area contributed by atoms with Crippen LogP contribution in [0.5, 0.6) is 5.75 Å². The smallest absolute Gasteiger partial charge is 0.260 e. The molecule has 0 unspecified atom stereocenters. The van der Waals surface area contributed by atoms with Crippen molar-refractivity contribution in [2.24, 2.45) is 0 Å². The normalized spacial score (nSPS) is 20.8. The number of carbonyl (C=O) groups is 1. The summed E-state index contributed by atoms with van der Waals surface area (Å²) in [6.45, 7) is 1.60. The maximum atomic E-state index is 12.5. The summed E-state index contributed by atoms with van der Waals surface area (Å²) in [6, 6.07) is 10.0. The van der Waals surface area contributed by atoms with Crippen molar-refractivity contribution in [1.29, 1.82) is 0 Å². The Bertz CT molecular complexity index is 696. The Morgan fingerprint density at radius 2 is 2.04 bits per heavy atom. The van der Waals surface area contributed by atoms with Gasteiger partial charge in [-0.2, -0.15) is 0 Å². The van der Waals surface area contributed by atoms with Crippen LogP contribution in [0.4, 0.5) is 0 Å². The van der Waals surface area contributed by atoms with Crippen LogP contribution in [0, 0.1) is 0 Å². The van der Waals surface area contributed by atoms with Gasteiger partial charge in [-0.25, -0.2) is 0 Å². The number of amides is 1. The largest absolute Gasteiger partial charge is 0.484 e. The van der Waals surface area contributed by atoms with Crippen molar-refractivity contribution >= 4 is 5.91 Å². The maximum Gasteiger partial charge on any atom is 0.260 e. The molecule has 0 bridgehead atoms. The lowest BCUT2D eigenvalue weighted by atomic mass is 9.97. The minimum absolute atomic E-state index is 0.0426. The fraction of sp³-hybridized carbons (Fsp3) is 0.500. The first-order chi connectivity index (χ1) is 11.8. The summed E-state index contributed by atoms with van der Waals surface area (Å²) in [5.74, 6) is 2.09. The molecule has 6 heteroatoms. The molecule has 0 N–H and O–H groups in total. The number of likely N-dealkylation sites (tertiary alicyclic amines) is 1. The van der Waals surface area contributed by atoms with Crippen LogP contribution in [0.15, 0.2) is 36.7 Å². The lowest BCUT2D eigenvalue weighted by molar-refractivity contribution is -0.134. The van der Waals surface area contributed by atoms with E-state index in [1.54, 1.807) is 0 Å². The zero-order valence-corrected chi connectivity index (χ0v) is 13.7. The van der Waals surface area contributed by atoms with E-state index in [9.17, 15) is 4.79 Å². The quantitative estimate of drug-likeness (QED) is 0.846. The van der Waals surface area contributed by atoms with Gasteiger partial charge in [0.2, 0.25) is 0 Å². The molecular weight excluding hydrogens is 304 g/mol. The SMILES string of the molecule is O=C(COc1ccccc1)N1CCC[C@H](c2nncn2C2CC2)C1. The van der Waals surface area contributed by atoms with Gasteiger partial charge in [-0.05, 0) is 37.8 Å². The zero-order chi connectivity index (χ0) is 16.4. The molecule has 2 aromatic rings. The average molecular weight is 326 g/mol.